The van der Waals surface area contributed by atoms with Crippen LogP contribution in [0, 0.1) is 0 Å². The van der Waals surface area contributed by atoms with Crippen LogP contribution in [0.2, 0.25) is 0 Å². The highest BCUT2D eigenvalue weighted by atomic mass is 32.1. The molecule has 88 valence electrons. The largest absolute Gasteiger partial charge is 0.389 e. The summed E-state index contributed by atoms with van der Waals surface area (Å²) >= 11 is 4.91. The lowest BCUT2D eigenvalue weighted by Gasteiger charge is -2.10. The second-order valence-corrected chi connectivity index (χ2v) is 3.94. The van der Waals surface area contributed by atoms with Crippen molar-refractivity contribution in [2.75, 3.05) is 18.5 Å². The van der Waals surface area contributed by atoms with E-state index in [9.17, 15) is 0 Å². The average molecular weight is 240 g/mol. The van der Waals surface area contributed by atoms with Crippen LogP contribution in [0.15, 0.2) is 12.3 Å². The van der Waals surface area contributed by atoms with Crippen molar-refractivity contribution in [1.82, 2.24) is 10.2 Å². The van der Waals surface area contributed by atoms with Crippen LogP contribution < -0.4 is 11.1 Å². The molecule has 0 aromatic carbocycles. The number of ether oxygens (including phenoxy) is 1. The molecule has 0 bridgehead atoms. The Kier molecular flexibility index (Phi) is 5.07. The van der Waals surface area contributed by atoms with Gasteiger partial charge in [0.1, 0.15) is 4.99 Å². The van der Waals surface area contributed by atoms with E-state index in [0.29, 0.717) is 29.5 Å². The molecule has 5 nitrogen and oxygen atoms in total. The zero-order chi connectivity index (χ0) is 12.0. The highest BCUT2D eigenvalue weighted by molar-refractivity contribution is 7.80. The molecule has 0 aliphatic heterocycles. The number of hydrogen-bond acceptors (Lipinski definition) is 5. The first kappa shape index (κ1) is 12.8. The molecule has 0 unspecified atom stereocenters. The summed E-state index contributed by atoms with van der Waals surface area (Å²) in [6.45, 7) is 5.23. The topological polar surface area (TPSA) is 73.1 Å². The molecule has 1 aromatic heterocycles. The first-order chi connectivity index (χ1) is 7.61. The first-order valence-electron chi connectivity index (χ1n) is 5.08. The predicted molar refractivity (Wildman–Crippen MR) is 67.5 cm³/mol. The van der Waals surface area contributed by atoms with Gasteiger partial charge in [-0.2, -0.15) is 5.10 Å². The molecular formula is C10H16N4OS. The number of anilines is 1. The van der Waals surface area contributed by atoms with Crippen LogP contribution in [0.1, 0.15) is 19.4 Å². The average Bonchev–Trinajstić information content (AvgIpc) is 2.24. The summed E-state index contributed by atoms with van der Waals surface area (Å²) in [5, 5.41) is 10.8. The molecule has 0 amide bonds. The minimum atomic E-state index is 0.221. The van der Waals surface area contributed by atoms with Crippen LogP contribution in [0.25, 0.3) is 0 Å². The number of rotatable bonds is 6. The number of aromatic nitrogens is 2. The third-order valence-electron chi connectivity index (χ3n) is 1.83. The molecule has 16 heavy (non-hydrogen) atoms. The Morgan fingerprint density at radius 2 is 2.38 bits per heavy atom. The molecule has 1 heterocycles. The van der Waals surface area contributed by atoms with Gasteiger partial charge in [0.15, 0.2) is 5.82 Å². The van der Waals surface area contributed by atoms with Gasteiger partial charge in [-0.3, -0.25) is 0 Å². The van der Waals surface area contributed by atoms with Gasteiger partial charge in [-0.15, -0.1) is 5.10 Å². The normalized spacial score (nSPS) is 10.4. The minimum absolute atomic E-state index is 0.221. The maximum atomic E-state index is 5.56. The van der Waals surface area contributed by atoms with Crippen LogP contribution >= 0.6 is 12.2 Å². The van der Waals surface area contributed by atoms with E-state index in [0.717, 1.165) is 0 Å². The zero-order valence-corrected chi connectivity index (χ0v) is 10.3. The Morgan fingerprint density at radius 3 is 3.00 bits per heavy atom. The lowest BCUT2D eigenvalue weighted by atomic mass is 10.3. The third-order valence-corrected chi connectivity index (χ3v) is 2.05. The Bertz CT molecular complexity index is 356. The molecule has 3 N–H and O–H groups in total. The summed E-state index contributed by atoms with van der Waals surface area (Å²) in [6.07, 6.45) is 1.78. The summed E-state index contributed by atoms with van der Waals surface area (Å²) in [5.74, 6) is 0.599. The molecule has 1 aromatic rings. The Morgan fingerprint density at radius 1 is 1.62 bits per heavy atom. The van der Waals surface area contributed by atoms with E-state index in [1.54, 1.807) is 12.3 Å². The van der Waals surface area contributed by atoms with E-state index in [1.807, 2.05) is 13.8 Å². The van der Waals surface area contributed by atoms with Gasteiger partial charge < -0.3 is 15.8 Å². The van der Waals surface area contributed by atoms with Gasteiger partial charge in [-0.1, -0.05) is 12.2 Å². The quantitative estimate of drug-likeness (QED) is 0.569. The second kappa shape index (κ2) is 6.34. The van der Waals surface area contributed by atoms with Gasteiger partial charge in [0.2, 0.25) is 0 Å². The highest BCUT2D eigenvalue weighted by Crippen LogP contribution is 2.09. The molecule has 0 radical (unpaired) electrons. The van der Waals surface area contributed by atoms with E-state index in [4.69, 9.17) is 22.7 Å². The standard InChI is InChI=1S/C10H16N4OS/c1-7(2)15-6-5-12-10-8(9(11)16)3-4-13-14-10/h3-4,7H,5-6H2,1-2H3,(H2,11,16)(H,12,14). The SMILES string of the molecule is CC(C)OCCNc1nnccc1C(N)=S. The number of thiocarbonyl (C=S) groups is 1. The van der Waals surface area contributed by atoms with Gasteiger partial charge in [0.25, 0.3) is 0 Å². The summed E-state index contributed by atoms with van der Waals surface area (Å²) < 4.78 is 5.39. The van der Waals surface area contributed by atoms with Crippen molar-refractivity contribution in [3.63, 3.8) is 0 Å². The molecular weight excluding hydrogens is 224 g/mol. The highest BCUT2D eigenvalue weighted by Gasteiger charge is 2.05. The number of nitrogens with zero attached hydrogens (tertiary/aromatic N) is 2. The first-order valence-corrected chi connectivity index (χ1v) is 5.49. The summed E-state index contributed by atoms with van der Waals surface area (Å²) in [6, 6.07) is 1.74. The van der Waals surface area contributed by atoms with Crippen molar-refractivity contribution in [2.24, 2.45) is 5.73 Å². The van der Waals surface area contributed by atoms with Crippen molar-refractivity contribution in [2.45, 2.75) is 20.0 Å². The summed E-state index contributed by atoms with van der Waals surface area (Å²) in [4.78, 5) is 0.308. The minimum Gasteiger partial charge on any atom is -0.389 e. The molecule has 0 fully saturated rings. The zero-order valence-electron chi connectivity index (χ0n) is 9.43. The van der Waals surface area contributed by atoms with Crippen LogP contribution in [0.5, 0.6) is 0 Å². The summed E-state index contributed by atoms with van der Waals surface area (Å²) in [5.41, 5.74) is 6.26. The number of nitrogens with two attached hydrogens (primary N) is 1. The molecule has 0 saturated carbocycles. The van der Waals surface area contributed by atoms with E-state index in [1.165, 1.54) is 0 Å². The van der Waals surface area contributed by atoms with Gasteiger partial charge in [0.05, 0.1) is 24.5 Å². The van der Waals surface area contributed by atoms with Crippen LogP contribution in [0.4, 0.5) is 5.82 Å². The Labute approximate surface area is 100 Å². The fourth-order valence-corrected chi connectivity index (χ4v) is 1.29. The number of hydrogen-bond donors (Lipinski definition) is 2. The summed E-state index contributed by atoms with van der Waals surface area (Å²) in [7, 11) is 0. The Hall–Kier alpha value is -1.27. The van der Waals surface area contributed by atoms with Crippen molar-refractivity contribution < 1.29 is 4.74 Å². The second-order valence-electron chi connectivity index (χ2n) is 3.50. The van der Waals surface area contributed by atoms with Crippen molar-refractivity contribution in [3.8, 4) is 0 Å². The van der Waals surface area contributed by atoms with E-state index in [2.05, 4.69) is 15.5 Å². The van der Waals surface area contributed by atoms with Crippen molar-refractivity contribution in [3.05, 3.63) is 17.8 Å². The molecule has 0 saturated heterocycles. The monoisotopic (exact) mass is 240 g/mol. The number of nitrogens with one attached hydrogen (secondary N) is 1. The van der Waals surface area contributed by atoms with Gasteiger partial charge in [-0.25, -0.2) is 0 Å². The lowest BCUT2D eigenvalue weighted by Crippen LogP contribution is -2.18. The molecule has 6 heteroatoms. The van der Waals surface area contributed by atoms with E-state index < -0.39 is 0 Å². The molecule has 0 aliphatic carbocycles. The van der Waals surface area contributed by atoms with Crippen LogP contribution in [-0.2, 0) is 4.74 Å². The molecule has 1 rings (SSSR count). The smallest absolute Gasteiger partial charge is 0.159 e. The third kappa shape index (κ3) is 4.08. The van der Waals surface area contributed by atoms with E-state index in [-0.39, 0.29) is 6.10 Å². The fourth-order valence-electron chi connectivity index (χ4n) is 1.13. The molecule has 0 spiro atoms. The maximum Gasteiger partial charge on any atom is 0.159 e. The van der Waals surface area contributed by atoms with Crippen molar-refractivity contribution >= 4 is 23.0 Å². The Balaban J connectivity index is 2.50. The molecule has 0 aliphatic rings. The van der Waals surface area contributed by atoms with Crippen LogP contribution in [-0.4, -0.2) is 34.4 Å². The lowest BCUT2D eigenvalue weighted by molar-refractivity contribution is 0.0870. The van der Waals surface area contributed by atoms with Gasteiger partial charge in [-0.05, 0) is 19.9 Å². The molecule has 0 atom stereocenters. The van der Waals surface area contributed by atoms with E-state index >= 15 is 0 Å². The van der Waals surface area contributed by atoms with Gasteiger partial charge in [0, 0.05) is 6.54 Å². The predicted octanol–water partition coefficient (Wildman–Crippen LogP) is 0.948. The van der Waals surface area contributed by atoms with Crippen molar-refractivity contribution in [1.29, 1.82) is 0 Å². The maximum absolute atomic E-state index is 5.56. The van der Waals surface area contributed by atoms with Gasteiger partial charge >= 0.3 is 0 Å². The van der Waals surface area contributed by atoms with Crippen LogP contribution in [0.3, 0.4) is 0 Å². The fraction of sp³-hybridized carbons (Fsp3) is 0.500.